The van der Waals surface area contributed by atoms with Crippen LogP contribution in [0.25, 0.3) is 0 Å². The van der Waals surface area contributed by atoms with Crippen molar-refractivity contribution in [1.82, 2.24) is 5.32 Å². The van der Waals surface area contributed by atoms with Crippen molar-refractivity contribution >= 4 is 5.90 Å². The molecule has 1 aliphatic rings. The molecule has 4 nitrogen and oxygen atoms in total. The molecule has 0 aromatic carbocycles. The number of nitrogens with one attached hydrogen (secondary N) is 2. The van der Waals surface area contributed by atoms with Crippen LogP contribution in [0.2, 0.25) is 0 Å². The lowest BCUT2D eigenvalue weighted by Gasteiger charge is -2.26. The lowest BCUT2D eigenvalue weighted by Crippen LogP contribution is -2.35. The van der Waals surface area contributed by atoms with Gasteiger partial charge >= 0.3 is 0 Å². The molecule has 1 fully saturated rings. The zero-order valence-corrected chi connectivity index (χ0v) is 10.3. The first kappa shape index (κ1) is 13.0. The van der Waals surface area contributed by atoms with Gasteiger partial charge in [0, 0.05) is 23.9 Å². The second-order valence-electron chi connectivity index (χ2n) is 4.37. The van der Waals surface area contributed by atoms with Crippen molar-refractivity contribution in [2.45, 2.75) is 51.6 Å². The van der Waals surface area contributed by atoms with Gasteiger partial charge in [0.1, 0.15) is 0 Å². The zero-order chi connectivity index (χ0) is 12.0. The van der Waals surface area contributed by atoms with E-state index in [0.29, 0.717) is 18.7 Å². The van der Waals surface area contributed by atoms with Crippen molar-refractivity contribution in [1.29, 1.82) is 5.41 Å². The molecule has 16 heavy (non-hydrogen) atoms. The van der Waals surface area contributed by atoms with Crippen LogP contribution >= 0.6 is 0 Å². The van der Waals surface area contributed by atoms with Crippen LogP contribution in [0.15, 0.2) is 11.8 Å². The molecule has 1 rings (SSSR count). The van der Waals surface area contributed by atoms with Gasteiger partial charge in [-0.05, 0) is 39.5 Å². The third kappa shape index (κ3) is 4.23. The topological polar surface area (TPSA) is 71.1 Å². The van der Waals surface area contributed by atoms with Crippen molar-refractivity contribution in [2.24, 2.45) is 5.73 Å². The third-order valence-electron chi connectivity index (χ3n) is 2.95. The number of hydrogen-bond acceptors (Lipinski definition) is 4. The maximum absolute atomic E-state index is 7.59. The molecule has 4 heteroatoms. The molecule has 0 amide bonds. The Labute approximate surface area is 97.7 Å². The van der Waals surface area contributed by atoms with E-state index in [1.54, 1.807) is 0 Å². The highest BCUT2D eigenvalue weighted by atomic mass is 16.5. The Morgan fingerprint density at radius 2 is 2.06 bits per heavy atom. The average molecular weight is 225 g/mol. The Balaban J connectivity index is 2.32. The van der Waals surface area contributed by atoms with Crippen LogP contribution in [0.4, 0.5) is 0 Å². The number of nitrogens with two attached hydrogens (primary N) is 1. The van der Waals surface area contributed by atoms with Gasteiger partial charge in [0.2, 0.25) is 5.90 Å². The van der Waals surface area contributed by atoms with Gasteiger partial charge in [-0.15, -0.1) is 0 Å². The summed E-state index contributed by atoms with van der Waals surface area (Å²) in [5, 5.41) is 10.9. The minimum Gasteiger partial charge on any atom is -0.478 e. The molecule has 0 spiro atoms. The molecular formula is C12H23N3O. The van der Waals surface area contributed by atoms with Crippen molar-refractivity contribution in [2.75, 3.05) is 6.61 Å². The molecule has 0 heterocycles. The molecular weight excluding hydrogens is 202 g/mol. The molecule has 0 radical (unpaired) electrons. The second kappa shape index (κ2) is 6.53. The van der Waals surface area contributed by atoms with Crippen LogP contribution in [0.3, 0.4) is 0 Å². The minimum absolute atomic E-state index is 0.252. The van der Waals surface area contributed by atoms with E-state index in [4.69, 9.17) is 15.9 Å². The van der Waals surface area contributed by atoms with Gasteiger partial charge in [0.05, 0.1) is 6.61 Å². The van der Waals surface area contributed by atoms with E-state index in [2.05, 4.69) is 5.32 Å². The predicted molar refractivity (Wildman–Crippen MR) is 66.5 cm³/mol. The lowest BCUT2D eigenvalue weighted by atomic mass is 9.92. The maximum atomic E-state index is 7.59. The average Bonchev–Trinajstić information content (AvgIpc) is 2.28. The molecule has 0 saturated heterocycles. The molecule has 0 aromatic heterocycles. The van der Waals surface area contributed by atoms with Crippen LogP contribution in [-0.4, -0.2) is 24.6 Å². The predicted octanol–water partition coefficient (Wildman–Crippen LogP) is 1.76. The van der Waals surface area contributed by atoms with Crippen molar-refractivity contribution in [3.63, 3.8) is 0 Å². The minimum atomic E-state index is 0.252. The number of rotatable bonds is 4. The Morgan fingerprint density at radius 3 is 2.62 bits per heavy atom. The molecule has 0 aromatic rings. The summed E-state index contributed by atoms with van der Waals surface area (Å²) in [5.41, 5.74) is 6.69. The van der Waals surface area contributed by atoms with E-state index in [1.807, 2.05) is 20.0 Å². The van der Waals surface area contributed by atoms with E-state index >= 15 is 0 Å². The van der Waals surface area contributed by atoms with E-state index in [-0.39, 0.29) is 5.90 Å². The Morgan fingerprint density at radius 1 is 1.44 bits per heavy atom. The third-order valence-corrected chi connectivity index (χ3v) is 2.95. The van der Waals surface area contributed by atoms with Gasteiger partial charge in [-0.3, -0.25) is 5.41 Å². The number of ether oxygens (including phenoxy) is 1. The van der Waals surface area contributed by atoms with Gasteiger partial charge < -0.3 is 15.8 Å². The smallest absolute Gasteiger partial charge is 0.210 e. The fourth-order valence-electron chi connectivity index (χ4n) is 1.85. The standard InChI is InChI=1S/C12H23N3O/c1-3-16-12(14)9(2)8-15-11-6-4-10(13)5-7-11/h8,10-11,14-15H,3-7,13H2,1-2H3/b9-8-,14-12?/t10-,11-. The molecule has 1 aliphatic carbocycles. The van der Waals surface area contributed by atoms with Gasteiger partial charge in [-0.2, -0.15) is 0 Å². The summed E-state index contributed by atoms with van der Waals surface area (Å²) in [6.07, 6.45) is 6.31. The molecule has 1 saturated carbocycles. The second-order valence-corrected chi connectivity index (χ2v) is 4.37. The SMILES string of the molecule is CCOC(=N)/C(C)=C\N[C@H]1CC[C@H](N)CC1. The first-order valence-corrected chi connectivity index (χ1v) is 6.03. The van der Waals surface area contributed by atoms with E-state index < -0.39 is 0 Å². The molecule has 92 valence electrons. The van der Waals surface area contributed by atoms with E-state index in [0.717, 1.165) is 31.3 Å². The van der Waals surface area contributed by atoms with Crippen molar-refractivity contribution < 1.29 is 4.74 Å². The van der Waals surface area contributed by atoms with Gasteiger partial charge in [-0.1, -0.05) is 0 Å². The van der Waals surface area contributed by atoms with Gasteiger partial charge in [-0.25, -0.2) is 0 Å². The Bertz CT molecular complexity index is 255. The summed E-state index contributed by atoms with van der Waals surface area (Å²) in [6.45, 7) is 4.32. The van der Waals surface area contributed by atoms with E-state index in [9.17, 15) is 0 Å². The first-order chi connectivity index (χ1) is 7.63. The highest BCUT2D eigenvalue weighted by molar-refractivity contribution is 5.90. The fraction of sp³-hybridized carbons (Fsp3) is 0.750. The van der Waals surface area contributed by atoms with Crippen LogP contribution in [-0.2, 0) is 4.74 Å². The summed E-state index contributed by atoms with van der Waals surface area (Å²) in [4.78, 5) is 0. The zero-order valence-electron chi connectivity index (χ0n) is 10.3. The highest BCUT2D eigenvalue weighted by Crippen LogP contribution is 2.16. The lowest BCUT2D eigenvalue weighted by molar-refractivity contribution is 0.324. The Kier molecular flexibility index (Phi) is 5.32. The first-order valence-electron chi connectivity index (χ1n) is 6.03. The largest absolute Gasteiger partial charge is 0.478 e. The molecule has 0 aliphatic heterocycles. The van der Waals surface area contributed by atoms with Crippen LogP contribution < -0.4 is 11.1 Å². The highest BCUT2D eigenvalue weighted by Gasteiger charge is 2.17. The monoisotopic (exact) mass is 225 g/mol. The maximum Gasteiger partial charge on any atom is 0.210 e. The van der Waals surface area contributed by atoms with Crippen LogP contribution in [0.5, 0.6) is 0 Å². The summed E-state index contributed by atoms with van der Waals surface area (Å²) in [6, 6.07) is 0.883. The normalized spacial score (nSPS) is 26.3. The van der Waals surface area contributed by atoms with Crippen molar-refractivity contribution in [3.05, 3.63) is 11.8 Å². The summed E-state index contributed by atoms with van der Waals surface area (Å²) in [5.74, 6) is 0.252. The summed E-state index contributed by atoms with van der Waals surface area (Å²) in [7, 11) is 0. The van der Waals surface area contributed by atoms with Gasteiger partial charge in [0.15, 0.2) is 0 Å². The quantitative estimate of drug-likeness (QED) is 0.504. The number of hydrogen-bond donors (Lipinski definition) is 3. The molecule has 0 bridgehead atoms. The van der Waals surface area contributed by atoms with Crippen molar-refractivity contribution in [3.8, 4) is 0 Å². The summed E-state index contributed by atoms with van der Waals surface area (Å²) < 4.78 is 5.12. The van der Waals surface area contributed by atoms with Crippen LogP contribution in [0, 0.1) is 5.41 Å². The van der Waals surface area contributed by atoms with Crippen LogP contribution in [0.1, 0.15) is 39.5 Å². The summed E-state index contributed by atoms with van der Waals surface area (Å²) >= 11 is 0. The molecule has 4 N–H and O–H groups in total. The van der Waals surface area contributed by atoms with Gasteiger partial charge in [0.25, 0.3) is 0 Å². The Hall–Kier alpha value is -1.03. The molecule has 0 unspecified atom stereocenters. The molecule has 0 atom stereocenters. The van der Waals surface area contributed by atoms with E-state index in [1.165, 1.54) is 0 Å². The fourth-order valence-corrected chi connectivity index (χ4v) is 1.85.